The van der Waals surface area contributed by atoms with Crippen molar-refractivity contribution in [3.05, 3.63) is 58.8 Å². The molecule has 0 amide bonds. The molecule has 1 aliphatic heterocycles. The average Bonchev–Trinajstić information content (AvgIpc) is 2.63. The number of piperidine rings is 1. The van der Waals surface area contributed by atoms with Gasteiger partial charge in [-0.2, -0.15) is 0 Å². The molecular weight excluding hydrogens is 328 g/mol. The molecule has 1 fully saturated rings. The van der Waals surface area contributed by atoms with Crippen molar-refractivity contribution >= 4 is 0 Å². The molecule has 0 N–H and O–H groups in total. The molecule has 1 saturated heterocycles. The third kappa shape index (κ3) is 4.85. The monoisotopic (exact) mass is 349 g/mol. The number of ether oxygens (including phenoxy) is 1. The number of benzene rings is 1. The molecule has 0 atom stereocenters. The van der Waals surface area contributed by atoms with Crippen LogP contribution < -0.4 is 10.3 Å². The number of aromatic nitrogens is 2. The van der Waals surface area contributed by atoms with Gasteiger partial charge >= 0.3 is 0 Å². The molecule has 5 nitrogen and oxygen atoms in total. The third-order valence-corrected chi connectivity index (χ3v) is 4.53. The topological polar surface area (TPSA) is 47.4 Å². The van der Waals surface area contributed by atoms with E-state index in [1.165, 1.54) is 6.20 Å². The van der Waals surface area contributed by atoms with E-state index >= 15 is 0 Å². The zero-order valence-corrected chi connectivity index (χ0v) is 13.9. The van der Waals surface area contributed by atoms with Crippen molar-refractivity contribution in [3.63, 3.8) is 0 Å². The van der Waals surface area contributed by atoms with Gasteiger partial charge in [-0.3, -0.25) is 9.78 Å². The molecule has 2 heterocycles. The van der Waals surface area contributed by atoms with Crippen molar-refractivity contribution in [3.8, 4) is 5.75 Å². The predicted molar refractivity (Wildman–Crippen MR) is 89.5 cm³/mol. The zero-order valence-electron chi connectivity index (χ0n) is 13.9. The first kappa shape index (κ1) is 17.5. The Balaban J connectivity index is 1.42. The van der Waals surface area contributed by atoms with Crippen LogP contribution in [-0.4, -0.2) is 40.7 Å². The molecule has 0 aliphatic carbocycles. The normalized spacial score (nSPS) is 16.1. The van der Waals surface area contributed by atoms with Gasteiger partial charge in [0.15, 0.2) is 11.6 Å². The van der Waals surface area contributed by atoms with Crippen LogP contribution in [0.4, 0.5) is 8.78 Å². The summed E-state index contributed by atoms with van der Waals surface area (Å²) in [7, 11) is 0. The van der Waals surface area contributed by atoms with Gasteiger partial charge in [-0.15, -0.1) is 0 Å². The lowest BCUT2D eigenvalue weighted by atomic mass is 9.98. The lowest BCUT2D eigenvalue weighted by molar-refractivity contribution is 0.136. The number of hydrogen-bond donors (Lipinski definition) is 0. The summed E-state index contributed by atoms with van der Waals surface area (Å²) >= 11 is 0. The van der Waals surface area contributed by atoms with E-state index in [1.807, 2.05) is 0 Å². The lowest BCUT2D eigenvalue weighted by Crippen LogP contribution is -2.38. The van der Waals surface area contributed by atoms with E-state index < -0.39 is 11.6 Å². The van der Waals surface area contributed by atoms with Gasteiger partial charge in [-0.05, 0) is 44.0 Å². The van der Waals surface area contributed by atoms with E-state index in [1.54, 1.807) is 17.0 Å². The standard InChI is InChI=1S/C18H21F2N3O2/c19-15-1-2-16(20)17(11-15)25-13-14-3-6-22(7-4-14)9-10-23-8-5-21-12-18(23)24/h1-2,5,8,11-12,14H,3-4,6-7,9-10,13H2. The predicted octanol–water partition coefficient (Wildman–Crippen LogP) is 2.31. The quantitative estimate of drug-likeness (QED) is 0.803. The maximum Gasteiger partial charge on any atom is 0.269 e. The van der Waals surface area contributed by atoms with E-state index in [0.717, 1.165) is 50.7 Å². The molecule has 134 valence electrons. The fourth-order valence-electron chi connectivity index (χ4n) is 2.98. The summed E-state index contributed by atoms with van der Waals surface area (Å²) in [6, 6.07) is 3.24. The van der Waals surface area contributed by atoms with Crippen LogP contribution in [0.5, 0.6) is 5.75 Å². The minimum Gasteiger partial charge on any atom is -0.490 e. The highest BCUT2D eigenvalue weighted by Gasteiger charge is 2.20. The van der Waals surface area contributed by atoms with Crippen molar-refractivity contribution in [1.82, 2.24) is 14.5 Å². The minimum atomic E-state index is -0.540. The smallest absolute Gasteiger partial charge is 0.269 e. The van der Waals surface area contributed by atoms with Crippen molar-refractivity contribution < 1.29 is 13.5 Å². The van der Waals surface area contributed by atoms with Crippen LogP contribution in [0.15, 0.2) is 41.6 Å². The molecule has 2 aromatic rings. The fourth-order valence-corrected chi connectivity index (χ4v) is 2.98. The first-order valence-electron chi connectivity index (χ1n) is 8.42. The second-order valence-electron chi connectivity index (χ2n) is 6.28. The number of nitrogens with zero attached hydrogens (tertiary/aromatic N) is 3. The van der Waals surface area contributed by atoms with Gasteiger partial charge < -0.3 is 14.2 Å². The molecule has 1 aliphatic rings. The molecule has 0 spiro atoms. The Morgan fingerprint density at radius 3 is 2.76 bits per heavy atom. The SMILES string of the molecule is O=c1cnccn1CCN1CCC(COc2cc(F)ccc2F)CC1. The number of rotatable bonds is 6. The lowest BCUT2D eigenvalue weighted by Gasteiger charge is -2.31. The van der Waals surface area contributed by atoms with Crippen LogP contribution in [0.1, 0.15) is 12.8 Å². The summed E-state index contributed by atoms with van der Waals surface area (Å²) in [5.74, 6) is -0.749. The average molecular weight is 349 g/mol. The molecular formula is C18H21F2N3O2. The molecule has 7 heteroatoms. The van der Waals surface area contributed by atoms with Gasteiger partial charge in [0.1, 0.15) is 5.82 Å². The maximum absolute atomic E-state index is 13.5. The summed E-state index contributed by atoms with van der Waals surface area (Å²) in [5.41, 5.74) is -0.0945. The number of halogens is 2. The molecule has 1 aromatic heterocycles. The highest BCUT2D eigenvalue weighted by atomic mass is 19.1. The summed E-state index contributed by atoms with van der Waals surface area (Å²) in [6.07, 6.45) is 6.48. The van der Waals surface area contributed by atoms with E-state index in [-0.39, 0.29) is 11.3 Å². The van der Waals surface area contributed by atoms with Crippen molar-refractivity contribution in [2.24, 2.45) is 5.92 Å². The van der Waals surface area contributed by atoms with Crippen LogP contribution in [0.3, 0.4) is 0 Å². The molecule has 0 saturated carbocycles. The summed E-state index contributed by atoms with van der Waals surface area (Å²) < 4.78 is 33.8. The Morgan fingerprint density at radius 1 is 1.20 bits per heavy atom. The van der Waals surface area contributed by atoms with Gasteiger partial charge in [0.2, 0.25) is 0 Å². The van der Waals surface area contributed by atoms with Crippen molar-refractivity contribution in [2.45, 2.75) is 19.4 Å². The molecule has 0 unspecified atom stereocenters. The molecule has 3 rings (SSSR count). The molecule has 25 heavy (non-hydrogen) atoms. The second-order valence-corrected chi connectivity index (χ2v) is 6.28. The first-order valence-corrected chi connectivity index (χ1v) is 8.42. The van der Waals surface area contributed by atoms with Crippen molar-refractivity contribution in [2.75, 3.05) is 26.2 Å². The molecule has 1 aromatic carbocycles. The number of hydrogen-bond acceptors (Lipinski definition) is 4. The van der Waals surface area contributed by atoms with E-state index in [4.69, 9.17) is 4.74 Å². The van der Waals surface area contributed by atoms with E-state index in [9.17, 15) is 13.6 Å². The van der Waals surface area contributed by atoms with Gasteiger partial charge in [-0.1, -0.05) is 0 Å². The third-order valence-electron chi connectivity index (χ3n) is 4.53. The second kappa shape index (κ2) is 8.20. The van der Waals surface area contributed by atoms with Crippen LogP contribution in [0.25, 0.3) is 0 Å². The minimum absolute atomic E-state index is 0.0282. The highest BCUT2D eigenvalue weighted by molar-refractivity contribution is 5.24. The Labute approximate surface area is 144 Å². The van der Waals surface area contributed by atoms with Crippen molar-refractivity contribution in [1.29, 1.82) is 0 Å². The van der Waals surface area contributed by atoms with E-state index in [2.05, 4.69) is 9.88 Å². The van der Waals surface area contributed by atoms with Crippen LogP contribution >= 0.6 is 0 Å². The van der Waals surface area contributed by atoms with Gasteiger partial charge in [0, 0.05) is 31.5 Å². The highest BCUT2D eigenvalue weighted by Crippen LogP contribution is 2.22. The van der Waals surface area contributed by atoms with Gasteiger partial charge in [0.05, 0.1) is 12.8 Å². The zero-order chi connectivity index (χ0) is 17.6. The summed E-state index contributed by atoms with van der Waals surface area (Å²) in [5, 5.41) is 0. The van der Waals surface area contributed by atoms with Crippen LogP contribution in [0, 0.1) is 17.6 Å². The summed E-state index contributed by atoms with van der Waals surface area (Å²) in [6.45, 7) is 3.63. The van der Waals surface area contributed by atoms with Crippen LogP contribution in [-0.2, 0) is 6.54 Å². The Bertz CT molecular complexity index is 758. The largest absolute Gasteiger partial charge is 0.490 e. The maximum atomic E-state index is 13.5. The Kier molecular flexibility index (Phi) is 5.75. The summed E-state index contributed by atoms with van der Waals surface area (Å²) in [4.78, 5) is 17.7. The van der Waals surface area contributed by atoms with Gasteiger partial charge in [-0.25, -0.2) is 8.78 Å². The first-order chi connectivity index (χ1) is 12.1. The Morgan fingerprint density at radius 2 is 2.00 bits per heavy atom. The number of likely N-dealkylation sites (tertiary alicyclic amines) is 1. The molecule has 0 radical (unpaired) electrons. The fraction of sp³-hybridized carbons (Fsp3) is 0.444. The van der Waals surface area contributed by atoms with Crippen LogP contribution in [0.2, 0.25) is 0 Å². The van der Waals surface area contributed by atoms with Gasteiger partial charge in [0.25, 0.3) is 5.56 Å². The van der Waals surface area contributed by atoms with E-state index in [0.29, 0.717) is 19.1 Å². The Hall–Kier alpha value is -2.28. The molecule has 0 bridgehead atoms.